The summed E-state index contributed by atoms with van der Waals surface area (Å²) in [6.07, 6.45) is 0.598. The van der Waals surface area contributed by atoms with Gasteiger partial charge in [0.1, 0.15) is 0 Å². The average Bonchev–Trinajstić information content (AvgIpc) is 2.83. The normalized spacial score (nSPS) is 9.83. The van der Waals surface area contributed by atoms with Gasteiger partial charge in [-0.05, 0) is 41.6 Å². The third kappa shape index (κ3) is 3.91. The number of benzene rings is 1. The molecule has 4 N–H and O–H groups in total. The Balaban J connectivity index is 0.00000162. The summed E-state index contributed by atoms with van der Waals surface area (Å²) in [5, 5.41) is 14.4. The van der Waals surface area contributed by atoms with Crippen LogP contribution in [0, 0.1) is 0 Å². The molecule has 0 fully saturated rings. The summed E-state index contributed by atoms with van der Waals surface area (Å²) in [6, 6.07) is 9.98. The first-order valence-corrected chi connectivity index (χ1v) is 6.43. The van der Waals surface area contributed by atoms with Gasteiger partial charge in [-0.2, -0.15) is 0 Å². The second-order valence-electron chi connectivity index (χ2n) is 3.82. The van der Waals surface area contributed by atoms with Crippen molar-refractivity contribution in [2.24, 2.45) is 0 Å². The molecule has 3 nitrogen and oxygen atoms in total. The lowest BCUT2D eigenvalue weighted by Gasteiger charge is -2.09. The fourth-order valence-corrected chi connectivity index (χ4v) is 2.30. The number of halogens is 1. The van der Waals surface area contributed by atoms with Crippen molar-refractivity contribution in [3.8, 4) is 0 Å². The monoisotopic (exact) mass is 284 g/mol. The first-order valence-electron chi connectivity index (χ1n) is 5.55. The van der Waals surface area contributed by atoms with E-state index in [-0.39, 0.29) is 19.0 Å². The highest BCUT2D eigenvalue weighted by atomic mass is 35.5. The Hall–Kier alpha value is -1.23. The van der Waals surface area contributed by atoms with E-state index in [0.29, 0.717) is 6.42 Å². The first kappa shape index (κ1) is 14.8. The van der Waals surface area contributed by atoms with Crippen LogP contribution in [0.5, 0.6) is 0 Å². The predicted molar refractivity (Wildman–Crippen MR) is 80.5 cm³/mol. The number of aliphatic hydroxyl groups is 1. The minimum absolute atomic E-state index is 0. The largest absolute Gasteiger partial charge is 0.399 e. The molecule has 0 unspecified atom stereocenters. The smallest absolute Gasteiger partial charge is 0.0494 e. The lowest BCUT2D eigenvalue weighted by Crippen LogP contribution is -2.01. The van der Waals surface area contributed by atoms with Crippen molar-refractivity contribution in [1.82, 2.24) is 0 Å². The lowest BCUT2D eigenvalue weighted by molar-refractivity contribution is 0.300. The number of nitrogens with two attached hydrogens (primary N) is 1. The van der Waals surface area contributed by atoms with Gasteiger partial charge in [0.25, 0.3) is 0 Å². The highest BCUT2D eigenvalue weighted by Gasteiger charge is 2.01. The maximum absolute atomic E-state index is 8.94. The maximum Gasteiger partial charge on any atom is 0.0494 e. The fourth-order valence-electron chi connectivity index (χ4n) is 1.66. The molecule has 18 heavy (non-hydrogen) atoms. The van der Waals surface area contributed by atoms with Gasteiger partial charge >= 0.3 is 0 Å². The zero-order chi connectivity index (χ0) is 12.1. The molecule has 0 aliphatic rings. The quantitative estimate of drug-likeness (QED) is 0.740. The van der Waals surface area contributed by atoms with Crippen molar-refractivity contribution in [1.29, 1.82) is 0 Å². The van der Waals surface area contributed by atoms with Gasteiger partial charge in [0.05, 0.1) is 0 Å². The Labute approximate surface area is 117 Å². The van der Waals surface area contributed by atoms with Gasteiger partial charge in [0, 0.05) is 29.4 Å². The molecule has 0 atom stereocenters. The standard InChI is InChI=1S/C13H16N2OS.ClH/c14-13-4-3-11(8-10(13)5-6-16)15-9-12-2-1-7-17-12;/h1-4,7-8,15-16H,5-6,9,14H2;1H. The van der Waals surface area contributed by atoms with E-state index in [4.69, 9.17) is 10.8 Å². The highest BCUT2D eigenvalue weighted by molar-refractivity contribution is 7.09. The number of hydrogen-bond acceptors (Lipinski definition) is 4. The Bertz CT molecular complexity index is 474. The minimum Gasteiger partial charge on any atom is -0.399 e. The van der Waals surface area contributed by atoms with Gasteiger partial charge in [-0.3, -0.25) is 0 Å². The van der Waals surface area contributed by atoms with Crippen molar-refractivity contribution in [3.05, 3.63) is 46.2 Å². The molecule has 0 amide bonds. The molecule has 1 aromatic carbocycles. The number of nitrogen functional groups attached to an aromatic ring is 1. The lowest BCUT2D eigenvalue weighted by atomic mass is 10.1. The zero-order valence-corrected chi connectivity index (χ0v) is 11.6. The second-order valence-corrected chi connectivity index (χ2v) is 4.85. The Morgan fingerprint density at radius 2 is 2.11 bits per heavy atom. The number of nitrogens with one attached hydrogen (secondary N) is 1. The molecule has 0 bridgehead atoms. The molecule has 0 spiro atoms. The van der Waals surface area contributed by atoms with Crippen LogP contribution >= 0.6 is 23.7 Å². The van der Waals surface area contributed by atoms with Crippen LogP contribution in [0.15, 0.2) is 35.7 Å². The summed E-state index contributed by atoms with van der Waals surface area (Å²) in [4.78, 5) is 1.30. The van der Waals surface area contributed by atoms with Gasteiger partial charge in [-0.1, -0.05) is 6.07 Å². The molecule has 0 saturated carbocycles. The van der Waals surface area contributed by atoms with E-state index < -0.39 is 0 Å². The van der Waals surface area contributed by atoms with Crippen molar-refractivity contribution >= 4 is 35.1 Å². The van der Waals surface area contributed by atoms with Crippen molar-refractivity contribution in [2.45, 2.75) is 13.0 Å². The van der Waals surface area contributed by atoms with Gasteiger partial charge in [0.2, 0.25) is 0 Å². The number of rotatable bonds is 5. The van der Waals surface area contributed by atoms with E-state index in [0.717, 1.165) is 23.5 Å². The molecule has 0 aliphatic heterocycles. The van der Waals surface area contributed by atoms with E-state index in [2.05, 4.69) is 16.8 Å². The molecule has 98 valence electrons. The summed E-state index contributed by atoms with van der Waals surface area (Å²) >= 11 is 1.73. The molecule has 5 heteroatoms. The van der Waals surface area contributed by atoms with Crippen LogP contribution < -0.4 is 11.1 Å². The molecule has 1 aromatic heterocycles. The number of anilines is 2. The SMILES string of the molecule is Cl.Nc1ccc(NCc2cccs2)cc1CCO. The van der Waals surface area contributed by atoms with Crippen LogP contribution in [0.4, 0.5) is 11.4 Å². The van der Waals surface area contributed by atoms with Gasteiger partial charge in [-0.15, -0.1) is 23.7 Å². The van der Waals surface area contributed by atoms with Crippen molar-refractivity contribution in [3.63, 3.8) is 0 Å². The number of aliphatic hydroxyl groups excluding tert-OH is 1. The number of thiophene rings is 1. The zero-order valence-electron chi connectivity index (χ0n) is 9.93. The molecular weight excluding hydrogens is 268 g/mol. The van der Waals surface area contributed by atoms with Gasteiger partial charge < -0.3 is 16.2 Å². The van der Waals surface area contributed by atoms with Crippen molar-refractivity contribution in [2.75, 3.05) is 17.7 Å². The first-order chi connectivity index (χ1) is 8.29. The molecule has 0 saturated heterocycles. The Kier molecular flexibility index (Phi) is 5.98. The van der Waals surface area contributed by atoms with Crippen molar-refractivity contribution < 1.29 is 5.11 Å². The summed E-state index contributed by atoms with van der Waals surface area (Å²) in [7, 11) is 0. The topological polar surface area (TPSA) is 58.3 Å². The summed E-state index contributed by atoms with van der Waals surface area (Å²) in [5.41, 5.74) is 8.59. The Morgan fingerprint density at radius 1 is 1.28 bits per heavy atom. The van der Waals surface area contributed by atoms with Crippen LogP contribution in [0.2, 0.25) is 0 Å². The molecule has 2 aromatic rings. The summed E-state index contributed by atoms with van der Waals surface area (Å²) in [5.74, 6) is 0. The predicted octanol–water partition coefficient (Wildman–Crippen LogP) is 2.90. The van der Waals surface area contributed by atoms with E-state index in [9.17, 15) is 0 Å². The van der Waals surface area contributed by atoms with E-state index in [1.807, 2.05) is 24.3 Å². The van der Waals surface area contributed by atoms with Crippen LogP contribution in [-0.4, -0.2) is 11.7 Å². The molecule has 1 heterocycles. The molecular formula is C13H17ClN2OS. The van der Waals surface area contributed by atoms with Crippen LogP contribution in [0.3, 0.4) is 0 Å². The summed E-state index contributed by atoms with van der Waals surface area (Å²) < 4.78 is 0. The third-order valence-electron chi connectivity index (χ3n) is 2.57. The van der Waals surface area contributed by atoms with Gasteiger partial charge in [-0.25, -0.2) is 0 Å². The molecule has 0 radical (unpaired) electrons. The molecule has 2 rings (SSSR count). The minimum atomic E-state index is 0. The fraction of sp³-hybridized carbons (Fsp3) is 0.231. The number of hydrogen-bond donors (Lipinski definition) is 3. The highest BCUT2D eigenvalue weighted by Crippen LogP contribution is 2.19. The van der Waals surface area contributed by atoms with E-state index in [1.54, 1.807) is 11.3 Å². The molecule has 0 aliphatic carbocycles. The van der Waals surface area contributed by atoms with Crippen LogP contribution in [0.25, 0.3) is 0 Å². The third-order valence-corrected chi connectivity index (χ3v) is 3.45. The second kappa shape index (κ2) is 7.26. The average molecular weight is 285 g/mol. The van der Waals surface area contributed by atoms with Crippen LogP contribution in [0.1, 0.15) is 10.4 Å². The van der Waals surface area contributed by atoms with E-state index in [1.165, 1.54) is 4.88 Å². The van der Waals surface area contributed by atoms with Gasteiger partial charge in [0.15, 0.2) is 0 Å². The summed E-state index contributed by atoms with van der Waals surface area (Å²) in [6.45, 7) is 0.943. The van der Waals surface area contributed by atoms with Crippen LogP contribution in [-0.2, 0) is 13.0 Å². The van der Waals surface area contributed by atoms with E-state index >= 15 is 0 Å². The maximum atomic E-state index is 8.94. The Morgan fingerprint density at radius 3 is 2.78 bits per heavy atom.